The van der Waals surface area contributed by atoms with Crippen LogP contribution < -0.4 is 5.32 Å². The maximum Gasteiger partial charge on any atom is 0.123 e. The Hall–Kier alpha value is -1.09. The Morgan fingerprint density at radius 3 is 2.55 bits per heavy atom. The Kier molecular flexibility index (Phi) is 5.03. The van der Waals surface area contributed by atoms with Gasteiger partial charge in [-0.2, -0.15) is 0 Å². The van der Waals surface area contributed by atoms with Gasteiger partial charge in [-0.25, -0.2) is 4.39 Å². The van der Waals surface area contributed by atoms with Gasteiger partial charge in [-0.15, -0.1) is 0 Å². The summed E-state index contributed by atoms with van der Waals surface area (Å²) in [6, 6.07) is 9.95. The van der Waals surface area contributed by atoms with Gasteiger partial charge in [0.05, 0.1) is 6.04 Å². The third-order valence-electron chi connectivity index (χ3n) is 3.30. The molecule has 0 saturated heterocycles. The molecule has 1 unspecified atom stereocenters. The van der Waals surface area contributed by atoms with E-state index in [9.17, 15) is 4.39 Å². The summed E-state index contributed by atoms with van der Waals surface area (Å²) in [5.74, 6) is -0.299. The summed E-state index contributed by atoms with van der Waals surface area (Å²) < 4.78 is 13.5. The minimum Gasteiger partial charge on any atom is -0.306 e. The quantitative estimate of drug-likeness (QED) is 0.824. The summed E-state index contributed by atoms with van der Waals surface area (Å²) in [6.07, 6.45) is 0. The van der Waals surface area contributed by atoms with Gasteiger partial charge in [0.15, 0.2) is 0 Å². The van der Waals surface area contributed by atoms with Crippen molar-refractivity contribution in [3.63, 3.8) is 0 Å². The molecule has 0 radical (unpaired) electrons. The van der Waals surface area contributed by atoms with Crippen molar-refractivity contribution in [3.8, 4) is 0 Å². The average Bonchev–Trinajstić information content (AvgIpc) is 2.43. The van der Waals surface area contributed by atoms with Gasteiger partial charge < -0.3 is 5.32 Å². The molecule has 0 aliphatic carbocycles. The fourth-order valence-electron chi connectivity index (χ4n) is 2.26. The van der Waals surface area contributed by atoms with Crippen molar-refractivity contribution in [2.45, 2.75) is 19.9 Å². The van der Waals surface area contributed by atoms with Crippen LogP contribution in [0, 0.1) is 12.7 Å². The molecule has 0 aliphatic heterocycles. The van der Waals surface area contributed by atoms with Crippen LogP contribution >= 0.6 is 23.2 Å². The van der Waals surface area contributed by atoms with Gasteiger partial charge in [-0.05, 0) is 54.4 Å². The molecule has 1 N–H and O–H groups in total. The lowest BCUT2D eigenvalue weighted by molar-refractivity contribution is 0.602. The standard InChI is InChI=1S/C16H16Cl2FN/c1-3-20-16(12-5-4-6-14(17)10(12)2)13-9-11(19)7-8-15(13)18/h4-9,16,20H,3H2,1-2H3. The minimum atomic E-state index is -0.299. The van der Waals surface area contributed by atoms with Crippen molar-refractivity contribution in [1.29, 1.82) is 0 Å². The molecule has 0 aromatic heterocycles. The number of rotatable bonds is 4. The zero-order valence-electron chi connectivity index (χ0n) is 11.4. The Morgan fingerprint density at radius 2 is 1.85 bits per heavy atom. The zero-order chi connectivity index (χ0) is 14.7. The van der Waals surface area contributed by atoms with Crippen LogP contribution in [-0.4, -0.2) is 6.54 Å². The molecule has 1 atom stereocenters. The maximum atomic E-state index is 13.5. The highest BCUT2D eigenvalue weighted by atomic mass is 35.5. The molecule has 0 bridgehead atoms. The van der Waals surface area contributed by atoms with E-state index in [1.165, 1.54) is 12.1 Å². The first-order valence-corrected chi connectivity index (χ1v) is 7.23. The Morgan fingerprint density at radius 1 is 1.10 bits per heavy atom. The third kappa shape index (κ3) is 3.14. The minimum absolute atomic E-state index is 0.179. The summed E-state index contributed by atoms with van der Waals surface area (Å²) in [4.78, 5) is 0. The average molecular weight is 312 g/mol. The van der Waals surface area contributed by atoms with Crippen LogP contribution in [0.1, 0.15) is 29.7 Å². The summed E-state index contributed by atoms with van der Waals surface area (Å²) >= 11 is 12.4. The van der Waals surface area contributed by atoms with E-state index in [2.05, 4.69) is 5.32 Å². The van der Waals surface area contributed by atoms with Crippen molar-refractivity contribution >= 4 is 23.2 Å². The van der Waals surface area contributed by atoms with Crippen LogP contribution in [0.25, 0.3) is 0 Å². The predicted molar refractivity (Wildman–Crippen MR) is 83.1 cm³/mol. The first-order valence-electron chi connectivity index (χ1n) is 6.48. The van der Waals surface area contributed by atoms with Crippen molar-refractivity contribution in [3.05, 3.63) is 69.0 Å². The van der Waals surface area contributed by atoms with Gasteiger partial charge in [-0.1, -0.05) is 42.3 Å². The molecule has 0 saturated carbocycles. The first kappa shape index (κ1) is 15.3. The van der Waals surface area contributed by atoms with Crippen LogP contribution in [0.3, 0.4) is 0 Å². The topological polar surface area (TPSA) is 12.0 Å². The van der Waals surface area contributed by atoms with Gasteiger partial charge in [-0.3, -0.25) is 0 Å². The molecule has 0 heterocycles. The summed E-state index contributed by atoms with van der Waals surface area (Å²) in [5, 5.41) is 4.57. The number of nitrogens with one attached hydrogen (secondary N) is 1. The molecular formula is C16H16Cl2FN. The molecular weight excluding hydrogens is 296 g/mol. The van der Waals surface area contributed by atoms with E-state index in [0.29, 0.717) is 10.0 Å². The van der Waals surface area contributed by atoms with Crippen molar-refractivity contribution in [1.82, 2.24) is 5.32 Å². The normalized spacial score (nSPS) is 12.4. The number of halogens is 3. The van der Waals surface area contributed by atoms with Crippen molar-refractivity contribution in [2.75, 3.05) is 6.54 Å². The van der Waals surface area contributed by atoms with E-state index < -0.39 is 0 Å². The second-order valence-corrected chi connectivity index (χ2v) is 5.42. The summed E-state index contributed by atoms with van der Waals surface area (Å²) in [6.45, 7) is 4.69. The van der Waals surface area contributed by atoms with Crippen LogP contribution in [0.2, 0.25) is 10.0 Å². The molecule has 2 aromatic rings. The molecule has 20 heavy (non-hydrogen) atoms. The van der Waals surface area contributed by atoms with Crippen molar-refractivity contribution in [2.24, 2.45) is 0 Å². The van der Waals surface area contributed by atoms with E-state index >= 15 is 0 Å². The van der Waals surface area contributed by atoms with E-state index in [1.54, 1.807) is 6.07 Å². The highest BCUT2D eigenvalue weighted by Gasteiger charge is 2.19. The van der Waals surface area contributed by atoms with E-state index in [4.69, 9.17) is 23.2 Å². The molecule has 0 spiro atoms. The van der Waals surface area contributed by atoms with Crippen LogP contribution in [-0.2, 0) is 0 Å². The summed E-state index contributed by atoms with van der Waals surface area (Å²) in [7, 11) is 0. The van der Waals surface area contributed by atoms with Gasteiger partial charge >= 0.3 is 0 Å². The van der Waals surface area contributed by atoms with Crippen LogP contribution in [0.5, 0.6) is 0 Å². The molecule has 4 heteroatoms. The van der Waals surface area contributed by atoms with Crippen LogP contribution in [0.15, 0.2) is 36.4 Å². The van der Waals surface area contributed by atoms with Gasteiger partial charge in [0.1, 0.15) is 5.82 Å². The molecule has 1 nitrogen and oxygen atoms in total. The maximum absolute atomic E-state index is 13.5. The second-order valence-electron chi connectivity index (χ2n) is 4.61. The first-order chi connectivity index (χ1) is 9.54. The number of hydrogen-bond donors (Lipinski definition) is 1. The number of benzene rings is 2. The van der Waals surface area contributed by atoms with Gasteiger partial charge in [0.2, 0.25) is 0 Å². The predicted octanol–water partition coefficient (Wildman–Crippen LogP) is 5.14. The highest BCUT2D eigenvalue weighted by Crippen LogP contribution is 2.32. The SMILES string of the molecule is CCNC(c1cc(F)ccc1Cl)c1cccc(Cl)c1C. The largest absolute Gasteiger partial charge is 0.306 e. The Labute approximate surface area is 128 Å². The molecule has 0 amide bonds. The van der Waals surface area contributed by atoms with E-state index in [0.717, 1.165) is 23.2 Å². The zero-order valence-corrected chi connectivity index (χ0v) is 12.9. The van der Waals surface area contributed by atoms with E-state index in [1.807, 2.05) is 32.0 Å². The lowest BCUT2D eigenvalue weighted by Crippen LogP contribution is -2.23. The smallest absolute Gasteiger partial charge is 0.123 e. The highest BCUT2D eigenvalue weighted by molar-refractivity contribution is 6.32. The molecule has 0 fully saturated rings. The van der Waals surface area contributed by atoms with Gasteiger partial charge in [0.25, 0.3) is 0 Å². The molecule has 0 aliphatic rings. The summed E-state index contributed by atoms with van der Waals surface area (Å²) in [5.41, 5.74) is 2.70. The van der Waals surface area contributed by atoms with Gasteiger partial charge in [0, 0.05) is 10.0 Å². The fraction of sp³-hybridized carbons (Fsp3) is 0.250. The van der Waals surface area contributed by atoms with Crippen LogP contribution in [0.4, 0.5) is 4.39 Å². The van der Waals surface area contributed by atoms with Crippen molar-refractivity contribution < 1.29 is 4.39 Å². The van der Waals surface area contributed by atoms with E-state index in [-0.39, 0.29) is 11.9 Å². The Balaban J connectivity index is 2.56. The molecule has 2 aromatic carbocycles. The molecule has 106 valence electrons. The third-order valence-corrected chi connectivity index (χ3v) is 4.05. The molecule has 2 rings (SSSR count). The number of hydrogen-bond acceptors (Lipinski definition) is 1. The second kappa shape index (κ2) is 6.57. The lowest BCUT2D eigenvalue weighted by atomic mass is 9.94. The monoisotopic (exact) mass is 311 g/mol. The fourth-order valence-corrected chi connectivity index (χ4v) is 2.67. The Bertz CT molecular complexity index is 611. The lowest BCUT2D eigenvalue weighted by Gasteiger charge is -2.22.